The predicted octanol–water partition coefficient (Wildman–Crippen LogP) is 5.27. The van der Waals surface area contributed by atoms with Crippen molar-refractivity contribution in [2.24, 2.45) is 5.92 Å². The maximum absolute atomic E-state index is 11.9. The van der Waals surface area contributed by atoms with Crippen LogP contribution < -0.4 is 0 Å². The van der Waals surface area contributed by atoms with E-state index in [4.69, 9.17) is 4.74 Å². The van der Waals surface area contributed by atoms with Crippen LogP contribution in [0.1, 0.15) is 79.6 Å². The SMILES string of the molecule is CCCCCCCCCOC(=O)C(=C(C)C)C(C)C. The number of hydrogen-bond donors (Lipinski definition) is 0. The zero-order valence-electron chi connectivity index (χ0n) is 13.6. The fourth-order valence-electron chi connectivity index (χ4n) is 2.32. The molecule has 0 amide bonds. The molecule has 112 valence electrons. The monoisotopic (exact) mass is 268 g/mol. The van der Waals surface area contributed by atoms with Gasteiger partial charge in [0.2, 0.25) is 0 Å². The molecular formula is C17H32O2. The van der Waals surface area contributed by atoms with E-state index in [1.807, 2.05) is 27.7 Å². The number of ether oxygens (including phenoxy) is 1. The summed E-state index contributed by atoms with van der Waals surface area (Å²) in [5.41, 5.74) is 1.91. The summed E-state index contributed by atoms with van der Waals surface area (Å²) in [6.07, 6.45) is 8.70. The van der Waals surface area contributed by atoms with Crippen LogP contribution in [0.4, 0.5) is 0 Å². The summed E-state index contributed by atoms with van der Waals surface area (Å²) in [5.74, 6) is 0.118. The molecule has 0 fully saturated rings. The summed E-state index contributed by atoms with van der Waals surface area (Å²) < 4.78 is 5.36. The maximum Gasteiger partial charge on any atom is 0.334 e. The van der Waals surface area contributed by atoms with Gasteiger partial charge in [0.1, 0.15) is 0 Å². The van der Waals surface area contributed by atoms with Gasteiger partial charge < -0.3 is 4.74 Å². The van der Waals surface area contributed by atoms with E-state index < -0.39 is 0 Å². The Bertz CT molecular complexity index is 273. The van der Waals surface area contributed by atoms with Crippen molar-refractivity contribution < 1.29 is 9.53 Å². The molecule has 0 heterocycles. The molecule has 0 rings (SSSR count). The molecular weight excluding hydrogens is 236 g/mol. The minimum atomic E-state index is -0.124. The molecule has 0 unspecified atom stereocenters. The number of unbranched alkanes of at least 4 members (excludes halogenated alkanes) is 6. The van der Waals surface area contributed by atoms with Gasteiger partial charge in [-0.05, 0) is 26.2 Å². The number of esters is 1. The van der Waals surface area contributed by atoms with Crippen LogP contribution in [0.25, 0.3) is 0 Å². The lowest BCUT2D eigenvalue weighted by Crippen LogP contribution is -2.14. The molecule has 0 aromatic carbocycles. The van der Waals surface area contributed by atoms with Gasteiger partial charge in [-0.2, -0.15) is 0 Å². The Labute approximate surface area is 119 Å². The van der Waals surface area contributed by atoms with Crippen LogP contribution in [0, 0.1) is 5.92 Å². The minimum Gasteiger partial charge on any atom is -0.462 e. The molecule has 0 aliphatic rings. The van der Waals surface area contributed by atoms with Crippen LogP contribution in [0.5, 0.6) is 0 Å². The van der Waals surface area contributed by atoms with Crippen molar-refractivity contribution in [1.29, 1.82) is 0 Å². The van der Waals surface area contributed by atoms with Crippen LogP contribution >= 0.6 is 0 Å². The molecule has 0 N–H and O–H groups in total. The molecule has 0 saturated carbocycles. The summed E-state index contributed by atoms with van der Waals surface area (Å²) in [7, 11) is 0. The van der Waals surface area contributed by atoms with Gasteiger partial charge in [0.05, 0.1) is 6.61 Å². The van der Waals surface area contributed by atoms with E-state index in [2.05, 4.69) is 6.92 Å². The normalized spacial score (nSPS) is 10.6. The number of hydrogen-bond acceptors (Lipinski definition) is 2. The second-order valence-electron chi connectivity index (χ2n) is 5.83. The lowest BCUT2D eigenvalue weighted by atomic mass is 9.99. The van der Waals surface area contributed by atoms with Crippen molar-refractivity contribution in [3.8, 4) is 0 Å². The van der Waals surface area contributed by atoms with Crippen LogP contribution in [0.3, 0.4) is 0 Å². The summed E-state index contributed by atoms with van der Waals surface area (Å²) in [6, 6.07) is 0. The van der Waals surface area contributed by atoms with Crippen molar-refractivity contribution in [2.45, 2.75) is 79.6 Å². The van der Waals surface area contributed by atoms with Crippen molar-refractivity contribution in [1.82, 2.24) is 0 Å². The molecule has 0 aliphatic carbocycles. The largest absolute Gasteiger partial charge is 0.462 e. The maximum atomic E-state index is 11.9. The van der Waals surface area contributed by atoms with E-state index in [9.17, 15) is 4.79 Å². The lowest BCUT2D eigenvalue weighted by molar-refractivity contribution is -0.139. The zero-order valence-corrected chi connectivity index (χ0v) is 13.6. The molecule has 0 radical (unpaired) electrons. The third-order valence-corrected chi connectivity index (χ3v) is 3.32. The van der Waals surface area contributed by atoms with E-state index >= 15 is 0 Å². The number of allylic oxidation sites excluding steroid dienone is 1. The Hall–Kier alpha value is -0.790. The Balaban J connectivity index is 3.72. The van der Waals surface area contributed by atoms with Gasteiger partial charge >= 0.3 is 5.97 Å². The molecule has 2 heteroatoms. The summed E-state index contributed by atoms with van der Waals surface area (Å²) >= 11 is 0. The van der Waals surface area contributed by atoms with E-state index in [0.29, 0.717) is 6.61 Å². The first-order valence-electron chi connectivity index (χ1n) is 7.85. The summed E-state index contributed by atoms with van der Waals surface area (Å²) in [5, 5.41) is 0. The quantitative estimate of drug-likeness (QED) is 0.306. The number of rotatable bonds is 10. The van der Waals surface area contributed by atoms with Crippen molar-refractivity contribution in [2.75, 3.05) is 6.61 Å². The van der Waals surface area contributed by atoms with Gasteiger partial charge in [-0.15, -0.1) is 0 Å². The van der Waals surface area contributed by atoms with Crippen LogP contribution in [-0.2, 0) is 9.53 Å². The van der Waals surface area contributed by atoms with Crippen LogP contribution in [-0.4, -0.2) is 12.6 Å². The first-order chi connectivity index (χ1) is 9.00. The summed E-state index contributed by atoms with van der Waals surface area (Å²) in [4.78, 5) is 11.9. The smallest absolute Gasteiger partial charge is 0.334 e. The average molecular weight is 268 g/mol. The highest BCUT2D eigenvalue weighted by Crippen LogP contribution is 2.16. The third kappa shape index (κ3) is 8.85. The van der Waals surface area contributed by atoms with E-state index in [0.717, 1.165) is 17.6 Å². The van der Waals surface area contributed by atoms with Crippen LogP contribution in [0.2, 0.25) is 0 Å². The first-order valence-corrected chi connectivity index (χ1v) is 7.85. The van der Waals surface area contributed by atoms with Crippen LogP contribution in [0.15, 0.2) is 11.1 Å². The molecule has 0 bridgehead atoms. The zero-order chi connectivity index (χ0) is 14.7. The van der Waals surface area contributed by atoms with Gasteiger partial charge in [0, 0.05) is 5.57 Å². The van der Waals surface area contributed by atoms with E-state index in [-0.39, 0.29) is 11.9 Å². The van der Waals surface area contributed by atoms with Crippen molar-refractivity contribution >= 4 is 5.97 Å². The van der Waals surface area contributed by atoms with Crippen molar-refractivity contribution in [3.63, 3.8) is 0 Å². The Kier molecular flexibility index (Phi) is 10.6. The van der Waals surface area contributed by atoms with Gasteiger partial charge in [0.25, 0.3) is 0 Å². The highest BCUT2D eigenvalue weighted by Gasteiger charge is 2.15. The second kappa shape index (κ2) is 11.1. The molecule has 0 spiro atoms. The molecule has 2 nitrogen and oxygen atoms in total. The Morgan fingerprint density at radius 1 is 0.947 bits per heavy atom. The van der Waals surface area contributed by atoms with E-state index in [1.165, 1.54) is 38.5 Å². The Morgan fingerprint density at radius 2 is 1.47 bits per heavy atom. The molecule has 0 atom stereocenters. The fourth-order valence-corrected chi connectivity index (χ4v) is 2.32. The highest BCUT2D eigenvalue weighted by molar-refractivity contribution is 5.89. The van der Waals surface area contributed by atoms with Gasteiger partial charge in [-0.25, -0.2) is 4.79 Å². The topological polar surface area (TPSA) is 26.3 Å². The average Bonchev–Trinajstić information content (AvgIpc) is 2.31. The molecule has 0 aliphatic heterocycles. The molecule has 0 aromatic rings. The van der Waals surface area contributed by atoms with Gasteiger partial charge in [0.15, 0.2) is 0 Å². The number of carbonyl (C=O) groups is 1. The third-order valence-electron chi connectivity index (χ3n) is 3.32. The second-order valence-corrected chi connectivity index (χ2v) is 5.83. The number of carbonyl (C=O) groups excluding carboxylic acids is 1. The summed E-state index contributed by atoms with van der Waals surface area (Å²) in [6.45, 7) is 10.8. The lowest BCUT2D eigenvalue weighted by Gasteiger charge is -2.13. The Morgan fingerprint density at radius 3 is 1.95 bits per heavy atom. The standard InChI is InChI=1S/C17H32O2/c1-6-7-8-9-10-11-12-13-19-17(18)16(14(2)3)15(4)5/h14H,6-13H2,1-5H3. The minimum absolute atomic E-state index is 0.124. The molecule has 0 saturated heterocycles. The van der Waals surface area contributed by atoms with Gasteiger partial charge in [-0.1, -0.05) is 64.9 Å². The van der Waals surface area contributed by atoms with Gasteiger partial charge in [-0.3, -0.25) is 0 Å². The molecule has 19 heavy (non-hydrogen) atoms. The fraction of sp³-hybridized carbons (Fsp3) is 0.824. The first kappa shape index (κ1) is 18.2. The highest BCUT2D eigenvalue weighted by atomic mass is 16.5. The predicted molar refractivity (Wildman–Crippen MR) is 82.2 cm³/mol. The van der Waals surface area contributed by atoms with Crippen molar-refractivity contribution in [3.05, 3.63) is 11.1 Å². The molecule has 0 aromatic heterocycles. The van der Waals surface area contributed by atoms with E-state index in [1.54, 1.807) is 0 Å².